The van der Waals surface area contributed by atoms with Crippen molar-refractivity contribution in [2.45, 2.75) is 74.2 Å². The molecule has 5 heteroatoms. The number of hydrogen-bond acceptors (Lipinski definition) is 5. The van der Waals surface area contributed by atoms with Crippen molar-refractivity contribution in [2.24, 2.45) is 5.73 Å². The van der Waals surface area contributed by atoms with Crippen molar-refractivity contribution in [3.8, 4) is 0 Å². The fourth-order valence-electron chi connectivity index (χ4n) is 3.51. The number of nitrogens with zero attached hydrogens (tertiary/aromatic N) is 2. The van der Waals surface area contributed by atoms with Gasteiger partial charge in [-0.3, -0.25) is 0 Å². The minimum atomic E-state index is -0.0270. The quantitative estimate of drug-likeness (QED) is 0.902. The summed E-state index contributed by atoms with van der Waals surface area (Å²) < 4.78 is 5.53. The molecule has 112 valence electrons. The Bertz CT molecular complexity index is 423. The molecule has 0 atom stereocenters. The second-order valence-electron chi connectivity index (χ2n) is 6.28. The Hall–Kier alpha value is -0.550. The van der Waals surface area contributed by atoms with Gasteiger partial charge in [0.1, 0.15) is 0 Å². The predicted octanol–water partition coefficient (Wildman–Crippen LogP) is 3.41. The van der Waals surface area contributed by atoms with Crippen LogP contribution < -0.4 is 5.73 Å². The molecule has 0 unspecified atom stereocenters. The van der Waals surface area contributed by atoms with Gasteiger partial charge in [-0.2, -0.15) is 16.7 Å². The van der Waals surface area contributed by atoms with Gasteiger partial charge in [0.05, 0.1) is 11.2 Å². The lowest BCUT2D eigenvalue weighted by molar-refractivity contribution is 0.283. The van der Waals surface area contributed by atoms with Gasteiger partial charge < -0.3 is 10.3 Å². The molecular weight excluding hydrogens is 270 g/mol. The summed E-state index contributed by atoms with van der Waals surface area (Å²) >= 11 is 2.00. The van der Waals surface area contributed by atoms with Crippen LogP contribution >= 0.6 is 11.8 Å². The number of aromatic nitrogens is 2. The van der Waals surface area contributed by atoms with E-state index in [0.717, 1.165) is 35.6 Å². The normalized spacial score (nSPS) is 23.2. The van der Waals surface area contributed by atoms with Crippen LogP contribution in [-0.2, 0) is 11.2 Å². The van der Waals surface area contributed by atoms with Crippen LogP contribution in [0.5, 0.6) is 0 Å². The highest BCUT2D eigenvalue weighted by atomic mass is 32.2. The Morgan fingerprint density at radius 3 is 2.60 bits per heavy atom. The van der Waals surface area contributed by atoms with Crippen molar-refractivity contribution in [1.29, 1.82) is 0 Å². The second-order valence-corrected chi connectivity index (χ2v) is 7.57. The first-order valence-electron chi connectivity index (χ1n) is 7.97. The smallest absolute Gasteiger partial charge is 0.234 e. The Morgan fingerprint density at radius 2 is 1.90 bits per heavy atom. The SMILES string of the molecule is NCC1(c2nc(CSC3CCCCC3)no2)CCCC1. The first kappa shape index (κ1) is 14.4. The molecule has 0 radical (unpaired) electrons. The molecule has 0 aromatic carbocycles. The minimum absolute atomic E-state index is 0.0270. The molecule has 1 heterocycles. The first-order chi connectivity index (χ1) is 9.82. The van der Waals surface area contributed by atoms with Gasteiger partial charge in [-0.25, -0.2) is 0 Å². The molecule has 2 aliphatic rings. The molecule has 0 amide bonds. The summed E-state index contributed by atoms with van der Waals surface area (Å²) in [7, 11) is 0. The third-order valence-corrected chi connectivity index (χ3v) is 6.24. The molecule has 2 fully saturated rings. The van der Waals surface area contributed by atoms with Crippen LogP contribution in [0.1, 0.15) is 69.5 Å². The number of thioether (sulfide) groups is 1. The summed E-state index contributed by atoms with van der Waals surface area (Å²) in [6, 6.07) is 0. The maximum Gasteiger partial charge on any atom is 0.234 e. The molecule has 0 saturated heterocycles. The van der Waals surface area contributed by atoms with Crippen LogP contribution in [0.25, 0.3) is 0 Å². The maximum atomic E-state index is 5.97. The molecular formula is C15H25N3OS. The van der Waals surface area contributed by atoms with Crippen LogP contribution in [0, 0.1) is 0 Å². The number of rotatable bonds is 5. The van der Waals surface area contributed by atoms with Gasteiger partial charge in [0.25, 0.3) is 0 Å². The molecule has 20 heavy (non-hydrogen) atoms. The van der Waals surface area contributed by atoms with Crippen LogP contribution in [0.4, 0.5) is 0 Å². The van der Waals surface area contributed by atoms with Crippen molar-refractivity contribution < 1.29 is 4.52 Å². The lowest BCUT2D eigenvalue weighted by Gasteiger charge is -2.21. The lowest BCUT2D eigenvalue weighted by Crippen LogP contribution is -2.32. The van der Waals surface area contributed by atoms with Crippen molar-refractivity contribution in [1.82, 2.24) is 10.1 Å². The van der Waals surface area contributed by atoms with E-state index in [-0.39, 0.29) is 5.41 Å². The summed E-state index contributed by atoms with van der Waals surface area (Å²) in [5.74, 6) is 2.53. The predicted molar refractivity (Wildman–Crippen MR) is 81.7 cm³/mol. The summed E-state index contributed by atoms with van der Waals surface area (Å²) in [6.07, 6.45) is 11.5. The highest BCUT2D eigenvalue weighted by molar-refractivity contribution is 7.99. The molecule has 2 aliphatic carbocycles. The monoisotopic (exact) mass is 295 g/mol. The molecule has 1 aromatic heterocycles. The van der Waals surface area contributed by atoms with E-state index in [1.54, 1.807) is 0 Å². The molecule has 0 aliphatic heterocycles. The highest BCUT2D eigenvalue weighted by Crippen LogP contribution is 2.39. The molecule has 2 N–H and O–H groups in total. The van der Waals surface area contributed by atoms with Crippen LogP contribution in [0.2, 0.25) is 0 Å². The van der Waals surface area contributed by atoms with Gasteiger partial charge in [-0.05, 0) is 25.7 Å². The van der Waals surface area contributed by atoms with Crippen molar-refractivity contribution in [3.05, 3.63) is 11.7 Å². The van der Waals surface area contributed by atoms with Gasteiger partial charge in [0.15, 0.2) is 5.82 Å². The van der Waals surface area contributed by atoms with E-state index in [9.17, 15) is 0 Å². The summed E-state index contributed by atoms with van der Waals surface area (Å²) in [5, 5.41) is 4.97. The second kappa shape index (κ2) is 6.48. The zero-order valence-electron chi connectivity index (χ0n) is 12.1. The van der Waals surface area contributed by atoms with Crippen LogP contribution in [-0.4, -0.2) is 21.9 Å². The van der Waals surface area contributed by atoms with Gasteiger partial charge in [-0.15, -0.1) is 0 Å². The zero-order valence-corrected chi connectivity index (χ0v) is 13.0. The lowest BCUT2D eigenvalue weighted by atomic mass is 9.86. The Morgan fingerprint density at radius 1 is 1.15 bits per heavy atom. The van der Waals surface area contributed by atoms with E-state index in [4.69, 9.17) is 10.3 Å². The standard InChI is InChI=1S/C15H25N3OS/c16-11-15(8-4-5-9-15)14-17-13(18-19-14)10-20-12-6-2-1-3-7-12/h12H,1-11,16H2. The third kappa shape index (κ3) is 3.03. The van der Waals surface area contributed by atoms with E-state index < -0.39 is 0 Å². The van der Waals surface area contributed by atoms with Crippen molar-refractivity contribution in [2.75, 3.05) is 6.54 Å². The minimum Gasteiger partial charge on any atom is -0.339 e. The zero-order chi connectivity index (χ0) is 13.8. The highest BCUT2D eigenvalue weighted by Gasteiger charge is 2.39. The van der Waals surface area contributed by atoms with E-state index in [0.29, 0.717) is 6.54 Å². The van der Waals surface area contributed by atoms with Gasteiger partial charge >= 0.3 is 0 Å². The van der Waals surface area contributed by atoms with Crippen molar-refractivity contribution >= 4 is 11.8 Å². The van der Waals surface area contributed by atoms with Gasteiger partial charge in [0, 0.05) is 11.8 Å². The van der Waals surface area contributed by atoms with E-state index in [2.05, 4.69) is 10.1 Å². The van der Waals surface area contributed by atoms with E-state index in [1.807, 2.05) is 11.8 Å². The van der Waals surface area contributed by atoms with Crippen LogP contribution in [0.3, 0.4) is 0 Å². The summed E-state index contributed by atoms with van der Waals surface area (Å²) in [4.78, 5) is 4.64. The average molecular weight is 295 g/mol. The molecule has 2 saturated carbocycles. The number of nitrogens with two attached hydrogens (primary N) is 1. The molecule has 0 spiro atoms. The number of hydrogen-bond donors (Lipinski definition) is 1. The fraction of sp³-hybridized carbons (Fsp3) is 0.867. The van der Waals surface area contributed by atoms with Crippen molar-refractivity contribution in [3.63, 3.8) is 0 Å². The third-order valence-electron chi connectivity index (χ3n) is 4.87. The summed E-state index contributed by atoms with van der Waals surface area (Å²) in [6.45, 7) is 0.629. The molecule has 4 nitrogen and oxygen atoms in total. The Kier molecular flexibility index (Phi) is 4.66. The maximum absolute atomic E-state index is 5.97. The topological polar surface area (TPSA) is 64.9 Å². The largest absolute Gasteiger partial charge is 0.339 e. The Labute approximate surface area is 125 Å². The van der Waals surface area contributed by atoms with E-state index in [1.165, 1.54) is 44.9 Å². The van der Waals surface area contributed by atoms with E-state index >= 15 is 0 Å². The van der Waals surface area contributed by atoms with Gasteiger partial charge in [-0.1, -0.05) is 37.3 Å². The summed E-state index contributed by atoms with van der Waals surface area (Å²) in [5.41, 5.74) is 5.94. The fourth-order valence-corrected chi connectivity index (χ4v) is 4.68. The molecule has 0 bridgehead atoms. The molecule has 3 rings (SSSR count). The average Bonchev–Trinajstić information content (AvgIpc) is 3.16. The first-order valence-corrected chi connectivity index (χ1v) is 9.02. The van der Waals surface area contributed by atoms with Crippen LogP contribution in [0.15, 0.2) is 4.52 Å². The molecule has 1 aromatic rings. The van der Waals surface area contributed by atoms with Gasteiger partial charge in [0.2, 0.25) is 5.89 Å². The Balaban J connectivity index is 1.58.